The molecule has 7 heteroatoms. The molecule has 1 saturated heterocycles. The first-order valence-corrected chi connectivity index (χ1v) is 7.71. The van der Waals surface area contributed by atoms with Gasteiger partial charge in [0.25, 0.3) is 5.91 Å². The molecule has 22 heavy (non-hydrogen) atoms. The summed E-state index contributed by atoms with van der Waals surface area (Å²) in [6.45, 7) is 1.63. The molecule has 1 aromatic rings. The van der Waals surface area contributed by atoms with Gasteiger partial charge < -0.3 is 10.0 Å². The Hall–Kier alpha value is -1.76. The number of rotatable bonds is 1. The number of piperidine rings is 1. The third kappa shape index (κ3) is 1.91. The number of alkyl halides is 1. The van der Waals surface area contributed by atoms with Crippen LogP contribution in [0, 0.1) is 5.92 Å². The summed E-state index contributed by atoms with van der Waals surface area (Å²) in [5.41, 5.74) is 2.05. The standard InChI is InChI=1S/C15H18FN3O3/c1-7(20)19-11-5-8-4-9(8)13(11)14(17-19)15(22)18-3-2-12(21)10(16)6-18/h8-10,12,21H,2-6H2,1H3/t8-,9-,10+,12-/m1/s1. The van der Waals surface area contributed by atoms with Crippen LogP contribution in [-0.2, 0) is 6.42 Å². The second kappa shape index (κ2) is 4.62. The number of aromatic nitrogens is 2. The number of fused-ring (bicyclic) bond motifs is 3. The number of hydrogen-bond donors (Lipinski definition) is 1. The lowest BCUT2D eigenvalue weighted by atomic mass is 10.0. The molecule has 1 N–H and O–H groups in total. The average molecular weight is 307 g/mol. The minimum Gasteiger partial charge on any atom is -0.390 e. The predicted octanol–water partition coefficient (Wildman–Crippen LogP) is 0.748. The van der Waals surface area contributed by atoms with Gasteiger partial charge in [0.2, 0.25) is 5.91 Å². The van der Waals surface area contributed by atoms with E-state index < -0.39 is 12.3 Å². The maximum absolute atomic E-state index is 13.7. The molecule has 6 nitrogen and oxygen atoms in total. The molecule has 0 radical (unpaired) electrons. The highest BCUT2D eigenvalue weighted by Crippen LogP contribution is 2.57. The SMILES string of the molecule is CC(=O)n1nc(C(=O)N2CC[C@@H](O)[C@@H](F)C2)c2c1C[C@H]1C[C@@H]21. The minimum atomic E-state index is -1.42. The molecule has 118 valence electrons. The number of hydrogen-bond acceptors (Lipinski definition) is 4. The Bertz CT molecular complexity index is 671. The normalized spacial score (nSPS) is 32.6. The molecular weight excluding hydrogens is 289 g/mol. The first kappa shape index (κ1) is 13.9. The maximum Gasteiger partial charge on any atom is 0.274 e. The third-order valence-electron chi connectivity index (χ3n) is 5.07. The predicted molar refractivity (Wildman–Crippen MR) is 74.5 cm³/mol. The molecule has 1 saturated carbocycles. The van der Waals surface area contributed by atoms with E-state index in [0.717, 1.165) is 24.1 Å². The Morgan fingerprint density at radius 2 is 2.18 bits per heavy atom. The first-order valence-electron chi connectivity index (χ1n) is 7.71. The lowest BCUT2D eigenvalue weighted by molar-refractivity contribution is 0.00796. The van der Waals surface area contributed by atoms with Crippen LogP contribution < -0.4 is 0 Å². The van der Waals surface area contributed by atoms with Gasteiger partial charge in [0.15, 0.2) is 5.69 Å². The Balaban J connectivity index is 1.67. The summed E-state index contributed by atoms with van der Waals surface area (Å²) in [5.74, 6) is 0.341. The van der Waals surface area contributed by atoms with Crippen LogP contribution in [0.25, 0.3) is 0 Å². The summed E-state index contributed by atoms with van der Waals surface area (Å²) in [7, 11) is 0. The molecule has 1 aliphatic heterocycles. The smallest absolute Gasteiger partial charge is 0.274 e. The summed E-state index contributed by atoms with van der Waals surface area (Å²) in [6.07, 6.45) is -0.355. The average Bonchev–Trinajstić information content (AvgIpc) is 2.98. The van der Waals surface area contributed by atoms with Crippen molar-refractivity contribution < 1.29 is 19.1 Å². The molecule has 4 atom stereocenters. The van der Waals surface area contributed by atoms with Crippen molar-refractivity contribution in [3.63, 3.8) is 0 Å². The van der Waals surface area contributed by atoms with Gasteiger partial charge in [-0.05, 0) is 31.1 Å². The number of aliphatic hydroxyl groups is 1. The van der Waals surface area contributed by atoms with Gasteiger partial charge in [0.05, 0.1) is 18.3 Å². The van der Waals surface area contributed by atoms with E-state index in [0.29, 0.717) is 24.1 Å². The van der Waals surface area contributed by atoms with Crippen LogP contribution >= 0.6 is 0 Å². The topological polar surface area (TPSA) is 75.4 Å². The van der Waals surface area contributed by atoms with Crippen LogP contribution in [0.2, 0.25) is 0 Å². The third-order valence-corrected chi connectivity index (χ3v) is 5.07. The highest BCUT2D eigenvalue weighted by molar-refractivity contribution is 5.95. The number of halogens is 1. The second-order valence-corrected chi connectivity index (χ2v) is 6.57. The molecule has 2 fully saturated rings. The van der Waals surface area contributed by atoms with Gasteiger partial charge >= 0.3 is 0 Å². The number of nitrogens with zero attached hydrogens (tertiary/aromatic N) is 3. The largest absolute Gasteiger partial charge is 0.390 e. The molecule has 2 heterocycles. The minimum absolute atomic E-state index is 0.115. The zero-order chi connectivity index (χ0) is 15.6. The Kier molecular flexibility index (Phi) is 2.91. The van der Waals surface area contributed by atoms with Crippen molar-refractivity contribution in [3.8, 4) is 0 Å². The summed E-state index contributed by atoms with van der Waals surface area (Å²) in [5, 5.41) is 13.7. The Morgan fingerprint density at radius 1 is 1.41 bits per heavy atom. The van der Waals surface area contributed by atoms with Gasteiger partial charge in [0, 0.05) is 19.0 Å². The zero-order valence-corrected chi connectivity index (χ0v) is 12.3. The van der Waals surface area contributed by atoms with Crippen LogP contribution in [0.3, 0.4) is 0 Å². The second-order valence-electron chi connectivity index (χ2n) is 6.57. The van der Waals surface area contributed by atoms with Crippen LogP contribution in [-0.4, -0.2) is 57.0 Å². The highest BCUT2D eigenvalue weighted by atomic mass is 19.1. The van der Waals surface area contributed by atoms with E-state index in [-0.39, 0.29) is 24.8 Å². The molecule has 0 aromatic carbocycles. The molecule has 3 aliphatic rings. The van der Waals surface area contributed by atoms with Crippen molar-refractivity contribution in [1.29, 1.82) is 0 Å². The molecule has 0 unspecified atom stereocenters. The summed E-state index contributed by atoms with van der Waals surface area (Å²) >= 11 is 0. The number of amides is 1. The van der Waals surface area contributed by atoms with Crippen LogP contribution in [0.5, 0.6) is 0 Å². The van der Waals surface area contributed by atoms with Gasteiger partial charge in [-0.15, -0.1) is 0 Å². The van der Waals surface area contributed by atoms with E-state index in [4.69, 9.17) is 0 Å². The van der Waals surface area contributed by atoms with Crippen molar-refractivity contribution in [3.05, 3.63) is 17.0 Å². The monoisotopic (exact) mass is 307 g/mol. The maximum atomic E-state index is 13.7. The zero-order valence-electron chi connectivity index (χ0n) is 12.3. The first-order chi connectivity index (χ1) is 10.5. The van der Waals surface area contributed by atoms with E-state index in [1.165, 1.54) is 16.5 Å². The summed E-state index contributed by atoms with van der Waals surface area (Å²) in [6, 6.07) is 0. The van der Waals surface area contributed by atoms with E-state index in [2.05, 4.69) is 5.10 Å². The molecule has 2 aliphatic carbocycles. The Labute approximate surface area is 126 Å². The van der Waals surface area contributed by atoms with Gasteiger partial charge in [0.1, 0.15) is 6.17 Å². The number of carbonyl (C=O) groups is 2. The van der Waals surface area contributed by atoms with Crippen molar-refractivity contribution in [2.45, 2.75) is 44.4 Å². The number of carbonyl (C=O) groups excluding carboxylic acids is 2. The molecule has 1 amide bonds. The molecule has 0 bridgehead atoms. The van der Waals surface area contributed by atoms with Gasteiger partial charge in [-0.2, -0.15) is 5.10 Å². The van der Waals surface area contributed by atoms with E-state index in [9.17, 15) is 19.1 Å². The van der Waals surface area contributed by atoms with Crippen molar-refractivity contribution in [1.82, 2.24) is 14.7 Å². The van der Waals surface area contributed by atoms with Gasteiger partial charge in [-0.1, -0.05) is 0 Å². The summed E-state index contributed by atoms with van der Waals surface area (Å²) in [4.78, 5) is 25.8. The number of aliphatic hydroxyl groups excluding tert-OH is 1. The lowest BCUT2D eigenvalue weighted by Gasteiger charge is -2.31. The van der Waals surface area contributed by atoms with E-state index in [1.807, 2.05) is 0 Å². The van der Waals surface area contributed by atoms with Crippen LogP contribution in [0.15, 0.2) is 0 Å². The van der Waals surface area contributed by atoms with Crippen LogP contribution in [0.4, 0.5) is 4.39 Å². The van der Waals surface area contributed by atoms with Crippen molar-refractivity contribution >= 4 is 11.8 Å². The summed E-state index contributed by atoms with van der Waals surface area (Å²) < 4.78 is 15.0. The number of likely N-dealkylation sites (tertiary alicyclic amines) is 1. The highest BCUT2D eigenvalue weighted by Gasteiger charge is 2.51. The van der Waals surface area contributed by atoms with Crippen molar-refractivity contribution in [2.24, 2.45) is 5.92 Å². The van der Waals surface area contributed by atoms with Gasteiger partial charge in [-0.25, -0.2) is 9.07 Å². The van der Waals surface area contributed by atoms with Gasteiger partial charge in [-0.3, -0.25) is 9.59 Å². The fraction of sp³-hybridized carbons (Fsp3) is 0.667. The van der Waals surface area contributed by atoms with Crippen LogP contribution in [0.1, 0.15) is 52.2 Å². The molecule has 1 aromatic heterocycles. The molecular formula is C15H18FN3O3. The van der Waals surface area contributed by atoms with Crippen molar-refractivity contribution in [2.75, 3.05) is 13.1 Å². The van der Waals surface area contributed by atoms with E-state index >= 15 is 0 Å². The fourth-order valence-electron chi connectivity index (χ4n) is 3.77. The quantitative estimate of drug-likeness (QED) is 0.830. The molecule has 0 spiro atoms. The van der Waals surface area contributed by atoms with E-state index in [1.54, 1.807) is 0 Å². The molecule has 4 rings (SSSR count). The Morgan fingerprint density at radius 3 is 2.86 bits per heavy atom. The fourth-order valence-corrected chi connectivity index (χ4v) is 3.77. The lowest BCUT2D eigenvalue weighted by Crippen LogP contribution is -2.47.